The van der Waals surface area contributed by atoms with Crippen LogP contribution < -0.4 is 5.32 Å². The van der Waals surface area contributed by atoms with E-state index in [1.807, 2.05) is 19.9 Å². The van der Waals surface area contributed by atoms with E-state index in [9.17, 15) is 9.18 Å². The Morgan fingerprint density at radius 3 is 2.50 bits per heavy atom. The summed E-state index contributed by atoms with van der Waals surface area (Å²) in [5, 5.41) is 7.29. The van der Waals surface area contributed by atoms with Gasteiger partial charge >= 0.3 is 0 Å². The molecule has 1 N–H and O–H groups in total. The van der Waals surface area contributed by atoms with Crippen molar-refractivity contribution in [3.05, 3.63) is 70.8 Å². The van der Waals surface area contributed by atoms with E-state index in [4.69, 9.17) is 4.52 Å². The normalized spacial score (nSPS) is 11.0. The Hall–Kier alpha value is -3.61. The molecule has 0 aliphatic carbocycles. The van der Waals surface area contributed by atoms with Crippen molar-refractivity contribution in [1.29, 1.82) is 0 Å². The zero-order chi connectivity index (χ0) is 19.8. The molecule has 140 valence electrons. The molecule has 0 aliphatic heterocycles. The number of benzene rings is 1. The maximum absolute atomic E-state index is 13.3. The monoisotopic (exact) mass is 376 g/mol. The fourth-order valence-corrected chi connectivity index (χ4v) is 3.13. The predicted octanol–water partition coefficient (Wildman–Crippen LogP) is 4.60. The van der Waals surface area contributed by atoms with Gasteiger partial charge in [-0.15, -0.1) is 0 Å². The fraction of sp³-hybridized carbons (Fsp3) is 0.143. The summed E-state index contributed by atoms with van der Waals surface area (Å²) in [6.45, 7) is 5.55. The molecule has 0 saturated heterocycles. The lowest BCUT2D eigenvalue weighted by Crippen LogP contribution is -2.14. The summed E-state index contributed by atoms with van der Waals surface area (Å²) in [4.78, 5) is 21.8. The molecule has 0 aliphatic rings. The molecule has 0 saturated carbocycles. The third-order valence-electron chi connectivity index (χ3n) is 4.34. The second kappa shape index (κ2) is 6.84. The van der Waals surface area contributed by atoms with Crippen LogP contribution in [-0.4, -0.2) is 21.0 Å². The molecule has 0 fully saturated rings. The lowest BCUT2D eigenvalue weighted by molar-refractivity contribution is 0.102. The molecule has 4 rings (SSSR count). The SMILES string of the molecule is Cc1cc(C)nc(NC(=O)c2cc(-c3ccc(F)cc3)nc3onc(C)c23)c1. The van der Waals surface area contributed by atoms with Crippen LogP contribution in [0.2, 0.25) is 0 Å². The molecule has 3 aromatic heterocycles. The highest BCUT2D eigenvalue weighted by Crippen LogP contribution is 2.28. The lowest BCUT2D eigenvalue weighted by atomic mass is 10.0. The first-order chi connectivity index (χ1) is 13.4. The van der Waals surface area contributed by atoms with E-state index in [0.29, 0.717) is 33.7 Å². The zero-order valence-electron chi connectivity index (χ0n) is 15.6. The summed E-state index contributed by atoms with van der Waals surface area (Å²) in [5.74, 6) is -0.233. The molecular weight excluding hydrogens is 359 g/mol. The third kappa shape index (κ3) is 3.34. The molecule has 3 heterocycles. The Morgan fingerprint density at radius 2 is 1.79 bits per heavy atom. The third-order valence-corrected chi connectivity index (χ3v) is 4.34. The maximum atomic E-state index is 13.3. The molecular formula is C21H17FN4O2. The molecule has 1 aromatic carbocycles. The van der Waals surface area contributed by atoms with Gasteiger partial charge in [-0.1, -0.05) is 5.16 Å². The van der Waals surface area contributed by atoms with Crippen molar-refractivity contribution >= 4 is 22.8 Å². The minimum Gasteiger partial charge on any atom is -0.335 e. The molecule has 28 heavy (non-hydrogen) atoms. The highest BCUT2D eigenvalue weighted by atomic mass is 19.1. The summed E-state index contributed by atoms with van der Waals surface area (Å²) in [7, 11) is 0. The first kappa shape index (κ1) is 17.8. The van der Waals surface area contributed by atoms with E-state index in [-0.39, 0.29) is 17.4 Å². The maximum Gasteiger partial charge on any atom is 0.259 e. The minimum absolute atomic E-state index is 0.248. The number of amides is 1. The minimum atomic E-state index is -0.348. The van der Waals surface area contributed by atoms with Gasteiger partial charge in [-0.3, -0.25) is 4.79 Å². The number of aromatic nitrogens is 3. The highest BCUT2D eigenvalue weighted by molar-refractivity contribution is 6.12. The molecule has 0 spiro atoms. The number of fused-ring (bicyclic) bond motifs is 1. The van der Waals surface area contributed by atoms with Gasteiger partial charge < -0.3 is 9.84 Å². The average Bonchev–Trinajstić information content (AvgIpc) is 3.02. The number of carbonyl (C=O) groups is 1. The van der Waals surface area contributed by atoms with Crippen molar-refractivity contribution in [3.8, 4) is 11.3 Å². The number of anilines is 1. The van der Waals surface area contributed by atoms with Gasteiger partial charge in [-0.05, 0) is 68.8 Å². The van der Waals surface area contributed by atoms with Crippen molar-refractivity contribution in [2.45, 2.75) is 20.8 Å². The molecule has 1 amide bonds. The lowest BCUT2D eigenvalue weighted by Gasteiger charge is -2.09. The van der Waals surface area contributed by atoms with Gasteiger partial charge in [0.05, 0.1) is 22.3 Å². The van der Waals surface area contributed by atoms with E-state index >= 15 is 0 Å². The fourth-order valence-electron chi connectivity index (χ4n) is 3.13. The first-order valence-electron chi connectivity index (χ1n) is 8.70. The van der Waals surface area contributed by atoms with Crippen molar-refractivity contribution in [2.24, 2.45) is 0 Å². The van der Waals surface area contributed by atoms with Gasteiger partial charge in [0.15, 0.2) is 0 Å². The van der Waals surface area contributed by atoms with Crippen LogP contribution in [0.25, 0.3) is 22.4 Å². The summed E-state index contributed by atoms with van der Waals surface area (Å²) in [6, 6.07) is 11.2. The smallest absolute Gasteiger partial charge is 0.259 e. The largest absolute Gasteiger partial charge is 0.335 e. The Balaban J connectivity index is 1.81. The average molecular weight is 376 g/mol. The van der Waals surface area contributed by atoms with Crippen LogP contribution in [0.5, 0.6) is 0 Å². The molecule has 0 atom stereocenters. The van der Waals surface area contributed by atoms with Gasteiger partial charge in [0.2, 0.25) is 0 Å². The molecule has 0 radical (unpaired) electrons. The number of aryl methyl sites for hydroxylation is 3. The van der Waals surface area contributed by atoms with E-state index in [1.165, 1.54) is 12.1 Å². The Morgan fingerprint density at radius 1 is 1.04 bits per heavy atom. The number of nitrogens with one attached hydrogen (secondary N) is 1. The van der Waals surface area contributed by atoms with Crippen molar-refractivity contribution in [3.63, 3.8) is 0 Å². The summed E-state index contributed by atoms with van der Waals surface area (Å²) in [5.41, 5.74) is 4.13. The molecule has 7 heteroatoms. The number of nitrogens with zero attached hydrogens (tertiary/aromatic N) is 3. The van der Waals surface area contributed by atoms with Crippen LogP contribution in [0.3, 0.4) is 0 Å². The van der Waals surface area contributed by atoms with Gasteiger partial charge in [0, 0.05) is 11.3 Å². The standard InChI is InChI=1S/C21H17FN4O2/c1-11-8-12(2)23-18(9-11)25-20(27)16-10-17(14-4-6-15(22)7-5-14)24-21-19(16)13(3)26-28-21/h4-10H,1-3H3,(H,23,25,27). The van der Waals surface area contributed by atoms with Crippen LogP contribution in [0, 0.1) is 26.6 Å². The number of hydrogen-bond acceptors (Lipinski definition) is 5. The quantitative estimate of drug-likeness (QED) is 0.565. The highest BCUT2D eigenvalue weighted by Gasteiger charge is 2.20. The van der Waals surface area contributed by atoms with E-state index < -0.39 is 0 Å². The number of halogens is 1. The van der Waals surface area contributed by atoms with Crippen LogP contribution in [0.15, 0.2) is 47.0 Å². The summed E-state index contributed by atoms with van der Waals surface area (Å²) < 4.78 is 18.5. The van der Waals surface area contributed by atoms with E-state index in [0.717, 1.165) is 11.3 Å². The Bertz CT molecular complexity index is 1180. The van der Waals surface area contributed by atoms with Crippen LogP contribution >= 0.6 is 0 Å². The molecule has 4 aromatic rings. The van der Waals surface area contributed by atoms with E-state index in [2.05, 4.69) is 20.4 Å². The predicted molar refractivity (Wildman–Crippen MR) is 104 cm³/mol. The van der Waals surface area contributed by atoms with Crippen molar-refractivity contribution in [1.82, 2.24) is 15.1 Å². The van der Waals surface area contributed by atoms with Gasteiger partial charge in [-0.2, -0.15) is 0 Å². The molecule has 0 bridgehead atoms. The number of hydrogen-bond donors (Lipinski definition) is 1. The van der Waals surface area contributed by atoms with Crippen molar-refractivity contribution in [2.75, 3.05) is 5.32 Å². The Kier molecular flexibility index (Phi) is 4.35. The number of carbonyl (C=O) groups excluding carboxylic acids is 1. The number of pyridine rings is 2. The van der Waals surface area contributed by atoms with Gasteiger partial charge in [0.1, 0.15) is 11.6 Å². The zero-order valence-corrected chi connectivity index (χ0v) is 15.6. The van der Waals surface area contributed by atoms with Crippen LogP contribution in [0.4, 0.5) is 10.2 Å². The van der Waals surface area contributed by atoms with Gasteiger partial charge in [-0.25, -0.2) is 14.4 Å². The Labute approximate surface area is 160 Å². The second-order valence-corrected chi connectivity index (χ2v) is 6.64. The van der Waals surface area contributed by atoms with Crippen LogP contribution in [-0.2, 0) is 0 Å². The van der Waals surface area contributed by atoms with E-state index in [1.54, 1.807) is 31.2 Å². The summed E-state index contributed by atoms with van der Waals surface area (Å²) in [6.07, 6.45) is 0. The first-order valence-corrected chi connectivity index (χ1v) is 8.70. The molecule has 6 nitrogen and oxygen atoms in total. The molecule has 0 unspecified atom stereocenters. The second-order valence-electron chi connectivity index (χ2n) is 6.64. The van der Waals surface area contributed by atoms with Crippen LogP contribution in [0.1, 0.15) is 27.3 Å². The summed E-state index contributed by atoms with van der Waals surface area (Å²) >= 11 is 0. The van der Waals surface area contributed by atoms with Gasteiger partial charge in [0.25, 0.3) is 11.6 Å². The van der Waals surface area contributed by atoms with Crippen molar-refractivity contribution < 1.29 is 13.7 Å². The topological polar surface area (TPSA) is 80.9 Å². The number of rotatable bonds is 3.